The summed E-state index contributed by atoms with van der Waals surface area (Å²) in [4.78, 5) is 11.9. The van der Waals surface area contributed by atoms with Gasteiger partial charge in [0.25, 0.3) is 5.91 Å². The highest BCUT2D eigenvalue weighted by atomic mass is 32.2. The maximum absolute atomic E-state index is 11.9. The zero-order valence-electron chi connectivity index (χ0n) is 10.6. The van der Waals surface area contributed by atoms with Gasteiger partial charge in [0, 0.05) is 31.6 Å². The van der Waals surface area contributed by atoms with Gasteiger partial charge in [0.1, 0.15) is 0 Å². The molecule has 0 unspecified atom stereocenters. The first-order valence-corrected chi connectivity index (χ1v) is 7.18. The molecule has 0 aliphatic heterocycles. The van der Waals surface area contributed by atoms with Crippen LogP contribution in [0.4, 0.5) is 5.69 Å². The summed E-state index contributed by atoms with van der Waals surface area (Å²) < 4.78 is 0. The molecule has 1 amide bonds. The first kappa shape index (κ1) is 14.9. The van der Waals surface area contributed by atoms with E-state index in [1.165, 1.54) is 0 Å². The second-order valence-electron chi connectivity index (χ2n) is 3.74. The molecule has 0 aliphatic rings. The van der Waals surface area contributed by atoms with Crippen molar-refractivity contribution >= 4 is 23.4 Å². The molecule has 0 spiro atoms. The van der Waals surface area contributed by atoms with Crippen LogP contribution in [0.3, 0.4) is 0 Å². The molecule has 4 nitrogen and oxygen atoms in total. The van der Waals surface area contributed by atoms with Crippen LogP contribution >= 0.6 is 11.8 Å². The van der Waals surface area contributed by atoms with E-state index in [9.17, 15) is 4.79 Å². The quantitative estimate of drug-likeness (QED) is 0.626. The highest BCUT2D eigenvalue weighted by Gasteiger charge is 2.08. The molecule has 0 aliphatic carbocycles. The molecule has 0 aromatic heterocycles. The largest absolute Gasteiger partial charge is 0.396 e. The summed E-state index contributed by atoms with van der Waals surface area (Å²) in [6.45, 7) is 0.877. The maximum atomic E-state index is 11.9. The topological polar surface area (TPSA) is 61.4 Å². The van der Waals surface area contributed by atoms with Crippen molar-refractivity contribution in [1.82, 2.24) is 5.32 Å². The fraction of sp³-hybridized carbons (Fsp3) is 0.462. The van der Waals surface area contributed by atoms with Crippen LogP contribution in [0.5, 0.6) is 0 Å². The van der Waals surface area contributed by atoms with Gasteiger partial charge in [-0.2, -0.15) is 11.8 Å². The highest BCUT2D eigenvalue weighted by molar-refractivity contribution is 7.99. The van der Waals surface area contributed by atoms with E-state index in [1.54, 1.807) is 24.9 Å². The van der Waals surface area contributed by atoms with Gasteiger partial charge in [-0.3, -0.25) is 4.79 Å². The molecule has 18 heavy (non-hydrogen) atoms. The summed E-state index contributed by atoms with van der Waals surface area (Å²) in [5, 5.41) is 14.5. The van der Waals surface area contributed by atoms with Crippen LogP contribution in [0.25, 0.3) is 0 Å². The fourth-order valence-electron chi connectivity index (χ4n) is 1.50. The van der Waals surface area contributed by atoms with Crippen molar-refractivity contribution in [2.24, 2.45) is 0 Å². The number of hydrogen-bond donors (Lipinski definition) is 3. The SMILES string of the molecule is CNc1ccccc1C(=O)NCCSCCCO. The van der Waals surface area contributed by atoms with Gasteiger partial charge in [-0.15, -0.1) is 0 Å². The molecular formula is C13H20N2O2S. The van der Waals surface area contributed by atoms with E-state index in [4.69, 9.17) is 5.11 Å². The Kier molecular flexibility index (Phi) is 7.29. The summed E-state index contributed by atoms with van der Waals surface area (Å²) in [6, 6.07) is 7.43. The third-order valence-electron chi connectivity index (χ3n) is 2.42. The van der Waals surface area contributed by atoms with Crippen molar-refractivity contribution in [3.05, 3.63) is 29.8 Å². The number of carbonyl (C=O) groups is 1. The molecule has 1 rings (SSSR count). The Bertz CT molecular complexity index is 372. The Morgan fingerprint density at radius 1 is 1.33 bits per heavy atom. The Labute approximate surface area is 112 Å². The summed E-state index contributed by atoms with van der Waals surface area (Å²) in [5.74, 6) is 1.75. The predicted molar refractivity (Wildman–Crippen MR) is 77.3 cm³/mol. The van der Waals surface area contributed by atoms with Crippen molar-refractivity contribution in [1.29, 1.82) is 0 Å². The van der Waals surface area contributed by atoms with Gasteiger partial charge < -0.3 is 15.7 Å². The number of nitrogens with one attached hydrogen (secondary N) is 2. The van der Waals surface area contributed by atoms with Crippen molar-refractivity contribution in [3.63, 3.8) is 0 Å². The monoisotopic (exact) mass is 268 g/mol. The maximum Gasteiger partial charge on any atom is 0.253 e. The van der Waals surface area contributed by atoms with Crippen LogP contribution in [-0.4, -0.2) is 42.7 Å². The lowest BCUT2D eigenvalue weighted by atomic mass is 10.1. The van der Waals surface area contributed by atoms with E-state index >= 15 is 0 Å². The van der Waals surface area contributed by atoms with Crippen molar-refractivity contribution < 1.29 is 9.90 Å². The standard InChI is InChI=1S/C13H20N2O2S/c1-14-12-6-3-2-5-11(12)13(17)15-7-10-18-9-4-8-16/h2-3,5-6,14,16H,4,7-10H2,1H3,(H,15,17). The van der Waals surface area contributed by atoms with Gasteiger partial charge in [-0.1, -0.05) is 12.1 Å². The number of thioether (sulfide) groups is 1. The summed E-state index contributed by atoms with van der Waals surface area (Å²) >= 11 is 1.73. The van der Waals surface area contributed by atoms with Gasteiger partial charge in [-0.25, -0.2) is 0 Å². The fourth-order valence-corrected chi connectivity index (χ4v) is 2.28. The molecule has 3 N–H and O–H groups in total. The number of benzene rings is 1. The lowest BCUT2D eigenvalue weighted by Gasteiger charge is -2.09. The number of aliphatic hydroxyl groups excluding tert-OH is 1. The molecule has 0 heterocycles. The molecule has 0 atom stereocenters. The van der Waals surface area contributed by atoms with Gasteiger partial charge in [0.15, 0.2) is 0 Å². The van der Waals surface area contributed by atoms with Crippen LogP contribution in [0.15, 0.2) is 24.3 Å². The Morgan fingerprint density at radius 3 is 2.83 bits per heavy atom. The molecule has 0 saturated heterocycles. The van der Waals surface area contributed by atoms with Gasteiger partial charge in [-0.05, 0) is 24.3 Å². The number of hydrogen-bond acceptors (Lipinski definition) is 4. The normalized spacial score (nSPS) is 10.1. The number of carbonyl (C=O) groups excluding carboxylic acids is 1. The molecule has 0 bridgehead atoms. The van der Waals surface area contributed by atoms with Crippen LogP contribution in [0, 0.1) is 0 Å². The second kappa shape index (κ2) is 8.83. The molecule has 1 aromatic rings. The van der Waals surface area contributed by atoms with E-state index < -0.39 is 0 Å². The summed E-state index contributed by atoms with van der Waals surface area (Å²) in [5.41, 5.74) is 1.50. The molecule has 0 radical (unpaired) electrons. The third kappa shape index (κ3) is 4.98. The Balaban J connectivity index is 2.32. The average molecular weight is 268 g/mol. The third-order valence-corrected chi connectivity index (χ3v) is 3.49. The van der Waals surface area contributed by atoms with E-state index in [0.717, 1.165) is 23.6 Å². The Morgan fingerprint density at radius 2 is 2.11 bits per heavy atom. The van der Waals surface area contributed by atoms with Gasteiger partial charge in [0.2, 0.25) is 0 Å². The predicted octanol–water partition coefficient (Wildman–Crippen LogP) is 1.57. The van der Waals surface area contributed by atoms with Crippen LogP contribution in [0.2, 0.25) is 0 Å². The lowest BCUT2D eigenvalue weighted by Crippen LogP contribution is -2.26. The first-order valence-electron chi connectivity index (χ1n) is 6.03. The van der Waals surface area contributed by atoms with E-state index in [2.05, 4.69) is 10.6 Å². The molecule has 0 saturated carbocycles. The highest BCUT2D eigenvalue weighted by Crippen LogP contribution is 2.13. The number of aliphatic hydroxyl groups is 1. The van der Waals surface area contributed by atoms with Crippen LogP contribution in [-0.2, 0) is 0 Å². The van der Waals surface area contributed by atoms with Crippen molar-refractivity contribution in [3.8, 4) is 0 Å². The van der Waals surface area contributed by atoms with Crippen LogP contribution in [0.1, 0.15) is 16.8 Å². The van der Waals surface area contributed by atoms with Gasteiger partial charge in [0.05, 0.1) is 5.56 Å². The number of rotatable bonds is 8. The first-order chi connectivity index (χ1) is 8.79. The smallest absolute Gasteiger partial charge is 0.253 e. The zero-order valence-corrected chi connectivity index (χ0v) is 11.4. The summed E-state index contributed by atoms with van der Waals surface area (Å²) in [6.07, 6.45) is 0.807. The van der Waals surface area contributed by atoms with Crippen molar-refractivity contribution in [2.45, 2.75) is 6.42 Å². The van der Waals surface area contributed by atoms with E-state index in [0.29, 0.717) is 12.1 Å². The van der Waals surface area contributed by atoms with E-state index in [-0.39, 0.29) is 12.5 Å². The molecule has 1 aromatic carbocycles. The molecular weight excluding hydrogens is 248 g/mol. The Hall–Kier alpha value is -1.20. The number of anilines is 1. The molecule has 100 valence electrons. The van der Waals surface area contributed by atoms with Gasteiger partial charge >= 0.3 is 0 Å². The average Bonchev–Trinajstić information content (AvgIpc) is 2.42. The number of amides is 1. The number of para-hydroxylation sites is 1. The molecule has 5 heteroatoms. The minimum atomic E-state index is -0.0530. The second-order valence-corrected chi connectivity index (χ2v) is 4.97. The zero-order chi connectivity index (χ0) is 13.2. The minimum absolute atomic E-state index is 0.0530. The van der Waals surface area contributed by atoms with E-state index in [1.807, 2.05) is 18.2 Å². The van der Waals surface area contributed by atoms with Crippen molar-refractivity contribution in [2.75, 3.05) is 37.0 Å². The van der Waals surface area contributed by atoms with Crippen LogP contribution < -0.4 is 10.6 Å². The minimum Gasteiger partial charge on any atom is -0.396 e. The molecule has 0 fully saturated rings. The lowest BCUT2D eigenvalue weighted by molar-refractivity contribution is 0.0957. The summed E-state index contributed by atoms with van der Waals surface area (Å²) in [7, 11) is 1.80.